The molecule has 0 saturated carbocycles. The Hall–Kier alpha value is -3.86. The number of carbonyl (C=O) groups is 2. The van der Waals surface area contributed by atoms with E-state index in [1.165, 1.54) is 19.2 Å². The Morgan fingerprint density at radius 1 is 1.05 bits per heavy atom. The molecule has 208 valence electrons. The molecule has 2 heterocycles. The van der Waals surface area contributed by atoms with Crippen LogP contribution in [0.3, 0.4) is 0 Å². The molecule has 0 fully saturated rings. The van der Waals surface area contributed by atoms with Crippen LogP contribution in [-0.2, 0) is 30.4 Å². The Labute approximate surface area is 225 Å². The van der Waals surface area contributed by atoms with Gasteiger partial charge in [0.15, 0.2) is 0 Å². The summed E-state index contributed by atoms with van der Waals surface area (Å²) >= 11 is 0. The zero-order valence-corrected chi connectivity index (χ0v) is 22.1. The number of amides is 2. The van der Waals surface area contributed by atoms with Crippen molar-refractivity contribution in [1.82, 2.24) is 25.1 Å². The number of benzene rings is 2. The average Bonchev–Trinajstić information content (AvgIpc) is 3.29. The van der Waals surface area contributed by atoms with Crippen LogP contribution in [0.2, 0.25) is 0 Å². The Bertz CT molecular complexity index is 1290. The van der Waals surface area contributed by atoms with Gasteiger partial charge in [-0.25, -0.2) is 4.79 Å². The maximum absolute atomic E-state index is 13.3. The maximum atomic E-state index is 13.3. The monoisotopic (exact) mass is 543 g/mol. The molecule has 4 rings (SSSR count). The molecule has 1 aliphatic rings. The fraction of sp³-hybridized carbons (Fsp3) is 0.393. The molecule has 3 aromatic rings. The van der Waals surface area contributed by atoms with Crippen molar-refractivity contribution in [3.05, 3.63) is 82.8 Å². The van der Waals surface area contributed by atoms with Gasteiger partial charge in [0.05, 0.1) is 11.6 Å². The number of aromatic nitrogens is 2. The molecule has 8 nitrogen and oxygen atoms in total. The summed E-state index contributed by atoms with van der Waals surface area (Å²) in [6.45, 7) is 3.00. The van der Waals surface area contributed by atoms with Crippen molar-refractivity contribution in [3.63, 3.8) is 0 Å². The Kier molecular flexibility index (Phi) is 8.59. The van der Waals surface area contributed by atoms with E-state index >= 15 is 0 Å². The van der Waals surface area contributed by atoms with Crippen molar-refractivity contribution < 1.29 is 27.5 Å². The average molecular weight is 544 g/mol. The van der Waals surface area contributed by atoms with Crippen LogP contribution < -0.4 is 15.4 Å². The van der Waals surface area contributed by atoms with Crippen molar-refractivity contribution in [2.75, 3.05) is 20.6 Å². The molecule has 1 aliphatic heterocycles. The van der Waals surface area contributed by atoms with Crippen LogP contribution in [0.1, 0.15) is 53.6 Å². The minimum Gasteiger partial charge on any atom is -0.389 e. The van der Waals surface area contributed by atoms with Gasteiger partial charge in [0.25, 0.3) is 0 Å². The smallest absolute Gasteiger partial charge is 0.389 e. The number of nitrogens with zero attached hydrogens (tertiary/aromatic N) is 3. The summed E-state index contributed by atoms with van der Waals surface area (Å²) < 4.78 is 46.8. The van der Waals surface area contributed by atoms with Crippen molar-refractivity contribution in [2.24, 2.45) is 0 Å². The lowest BCUT2D eigenvalue weighted by Crippen LogP contribution is -2.46. The first kappa shape index (κ1) is 28.2. The molecule has 2 N–H and O–H groups in total. The highest BCUT2D eigenvalue weighted by molar-refractivity contribution is 5.83. The van der Waals surface area contributed by atoms with E-state index < -0.39 is 29.9 Å². The molecule has 11 heteroatoms. The number of rotatable bonds is 8. The molecule has 2 aromatic carbocycles. The largest absolute Gasteiger partial charge is 0.416 e. The van der Waals surface area contributed by atoms with Crippen molar-refractivity contribution in [2.45, 2.75) is 51.0 Å². The summed E-state index contributed by atoms with van der Waals surface area (Å²) in [5, 5.41) is 5.21. The zero-order valence-electron chi connectivity index (χ0n) is 22.1. The van der Waals surface area contributed by atoms with E-state index in [1.54, 1.807) is 7.05 Å². The van der Waals surface area contributed by atoms with Crippen LogP contribution >= 0.6 is 0 Å². The van der Waals surface area contributed by atoms with E-state index in [0.717, 1.165) is 29.1 Å². The van der Waals surface area contributed by atoms with Gasteiger partial charge in [0.2, 0.25) is 11.8 Å². The van der Waals surface area contributed by atoms with Gasteiger partial charge in [-0.3, -0.25) is 9.69 Å². The second-order valence-corrected chi connectivity index (χ2v) is 9.28. The first-order chi connectivity index (χ1) is 18.7. The maximum Gasteiger partial charge on any atom is 0.416 e. The van der Waals surface area contributed by atoms with Crippen molar-refractivity contribution in [3.8, 4) is 5.88 Å². The van der Waals surface area contributed by atoms with Gasteiger partial charge < -0.3 is 19.9 Å². The van der Waals surface area contributed by atoms with Crippen LogP contribution in [0.15, 0.2) is 54.6 Å². The summed E-state index contributed by atoms with van der Waals surface area (Å²) in [5.41, 5.74) is 1.48. The van der Waals surface area contributed by atoms with Gasteiger partial charge in [-0.1, -0.05) is 49.4 Å². The van der Waals surface area contributed by atoms with Crippen LogP contribution in [0.5, 0.6) is 5.88 Å². The van der Waals surface area contributed by atoms with Gasteiger partial charge in [-0.15, -0.1) is 0 Å². The minimum atomic E-state index is -4.41. The third kappa shape index (κ3) is 6.08. The number of hydrogen-bond donors (Lipinski definition) is 2. The molecule has 39 heavy (non-hydrogen) atoms. The highest BCUT2D eigenvalue weighted by atomic mass is 19.4. The zero-order chi connectivity index (χ0) is 28.2. The van der Waals surface area contributed by atoms with Gasteiger partial charge in [-0.05, 0) is 36.1 Å². The number of imidazole rings is 1. The molecular weight excluding hydrogens is 511 g/mol. The SMILES string of the molecule is CCc1nc(OC(=O)NC)c2n1CCN(C(C(=O)NC)c1ccccc1)C2CCc1ccc(C(F)(F)F)cc1. The predicted molar refractivity (Wildman–Crippen MR) is 139 cm³/mol. The molecule has 0 bridgehead atoms. The third-order valence-electron chi connectivity index (χ3n) is 6.99. The highest BCUT2D eigenvalue weighted by Gasteiger charge is 2.40. The van der Waals surface area contributed by atoms with Crippen LogP contribution in [0.4, 0.5) is 18.0 Å². The first-order valence-corrected chi connectivity index (χ1v) is 12.8. The summed E-state index contributed by atoms with van der Waals surface area (Å²) in [6, 6.07) is 13.4. The lowest BCUT2D eigenvalue weighted by Gasteiger charge is -2.41. The van der Waals surface area contributed by atoms with Gasteiger partial charge in [-0.2, -0.15) is 18.2 Å². The standard InChI is InChI=1S/C28H32F3N5O3/c1-4-22-34-26(39-27(38)33-3)24-21(15-12-18-10-13-20(14-11-18)28(29,30)31)35(16-17-36(22)24)23(25(37)32-2)19-8-6-5-7-9-19/h5-11,13-14,21,23H,4,12,15-17H2,1-3H3,(H,32,37)(H,33,38). The molecule has 0 saturated heterocycles. The topological polar surface area (TPSA) is 88.5 Å². The van der Waals surface area contributed by atoms with Crippen molar-refractivity contribution in [1.29, 1.82) is 0 Å². The normalized spacial score (nSPS) is 16.3. The van der Waals surface area contributed by atoms with Crippen LogP contribution in [0, 0.1) is 0 Å². The van der Waals surface area contributed by atoms with Gasteiger partial charge >= 0.3 is 12.3 Å². The Morgan fingerprint density at radius 2 is 1.74 bits per heavy atom. The van der Waals surface area contributed by atoms with E-state index in [9.17, 15) is 22.8 Å². The Morgan fingerprint density at radius 3 is 2.33 bits per heavy atom. The number of hydrogen-bond acceptors (Lipinski definition) is 5. The van der Waals surface area contributed by atoms with E-state index in [-0.39, 0.29) is 11.8 Å². The predicted octanol–water partition coefficient (Wildman–Crippen LogP) is 4.66. The second kappa shape index (κ2) is 11.9. The number of carbonyl (C=O) groups excluding carboxylic acids is 2. The van der Waals surface area contributed by atoms with E-state index in [1.807, 2.05) is 41.8 Å². The van der Waals surface area contributed by atoms with E-state index in [4.69, 9.17) is 4.74 Å². The minimum absolute atomic E-state index is 0.164. The summed E-state index contributed by atoms with van der Waals surface area (Å²) in [6.07, 6.45) is -3.59. The lowest BCUT2D eigenvalue weighted by atomic mass is 9.95. The van der Waals surface area contributed by atoms with Crippen LogP contribution in [-0.4, -0.2) is 47.1 Å². The summed E-state index contributed by atoms with van der Waals surface area (Å²) in [7, 11) is 3.04. The molecule has 0 spiro atoms. The molecule has 2 unspecified atom stereocenters. The fourth-order valence-electron chi connectivity index (χ4n) is 5.11. The number of ether oxygens (including phenoxy) is 1. The van der Waals surface area contributed by atoms with Crippen molar-refractivity contribution >= 4 is 12.0 Å². The number of fused-ring (bicyclic) bond motifs is 1. The highest BCUT2D eigenvalue weighted by Crippen LogP contribution is 2.41. The number of nitrogens with one attached hydrogen (secondary N) is 2. The van der Waals surface area contributed by atoms with E-state index in [0.29, 0.717) is 38.0 Å². The van der Waals surface area contributed by atoms with Gasteiger partial charge in [0.1, 0.15) is 17.6 Å². The van der Waals surface area contributed by atoms with Gasteiger partial charge in [0, 0.05) is 33.6 Å². The fourth-order valence-corrected chi connectivity index (χ4v) is 5.11. The summed E-state index contributed by atoms with van der Waals surface area (Å²) in [4.78, 5) is 32.1. The molecule has 2 amide bonds. The number of likely N-dealkylation sites (N-methyl/N-ethyl adjacent to an activating group) is 1. The summed E-state index contributed by atoms with van der Waals surface area (Å²) in [5.74, 6) is 0.717. The lowest BCUT2D eigenvalue weighted by molar-refractivity contribution is -0.137. The molecule has 2 atom stereocenters. The quantitative estimate of drug-likeness (QED) is 0.432. The van der Waals surface area contributed by atoms with Crippen LogP contribution in [0.25, 0.3) is 0 Å². The number of alkyl halides is 3. The molecular formula is C28H32F3N5O3. The molecule has 1 aromatic heterocycles. The number of aryl methyl sites for hydroxylation is 2. The van der Waals surface area contributed by atoms with E-state index in [2.05, 4.69) is 20.5 Å². The molecule has 0 radical (unpaired) electrons. The number of halogens is 3. The third-order valence-corrected chi connectivity index (χ3v) is 6.99. The molecule has 0 aliphatic carbocycles. The first-order valence-electron chi connectivity index (χ1n) is 12.8. The Balaban J connectivity index is 1.77. The second-order valence-electron chi connectivity index (χ2n) is 9.28.